The Morgan fingerprint density at radius 3 is 2.62 bits per heavy atom. The summed E-state index contributed by atoms with van der Waals surface area (Å²) in [5.74, 6) is 1.52. The average molecular weight is 556 g/mol. The summed E-state index contributed by atoms with van der Waals surface area (Å²) in [6.07, 6.45) is 6.66. The van der Waals surface area contributed by atoms with E-state index >= 15 is 0 Å². The van der Waals surface area contributed by atoms with Crippen LogP contribution >= 0.6 is 0 Å². The number of fused-ring (bicyclic) bond motifs is 1. The highest BCUT2D eigenvalue weighted by molar-refractivity contribution is 6.74. The minimum absolute atomic E-state index is 0.0895. The Balaban J connectivity index is 1.64. The van der Waals surface area contributed by atoms with Crippen molar-refractivity contribution in [1.82, 2.24) is 14.8 Å². The lowest BCUT2D eigenvalue weighted by molar-refractivity contribution is -0.0365. The molecule has 9 heteroatoms. The summed E-state index contributed by atoms with van der Waals surface area (Å²) in [6.45, 7) is 16.7. The number of hydrogen-bond donors (Lipinski definition) is 1. The maximum Gasteiger partial charge on any atom is 0.250 e. The first-order valence-electron chi connectivity index (χ1n) is 14.2. The van der Waals surface area contributed by atoms with E-state index in [1.54, 1.807) is 13.1 Å². The Kier molecular flexibility index (Phi) is 9.36. The highest BCUT2D eigenvalue weighted by atomic mass is 28.4. The summed E-state index contributed by atoms with van der Waals surface area (Å²) < 4.78 is 26.6. The van der Waals surface area contributed by atoms with Crippen molar-refractivity contribution in [2.45, 2.75) is 96.9 Å². The molecule has 3 unspecified atom stereocenters. The van der Waals surface area contributed by atoms with E-state index in [1.807, 2.05) is 23.9 Å². The molecule has 1 aliphatic rings. The van der Waals surface area contributed by atoms with E-state index in [2.05, 4.69) is 57.0 Å². The van der Waals surface area contributed by atoms with Gasteiger partial charge in [0.1, 0.15) is 23.3 Å². The molecule has 2 aromatic heterocycles. The Labute approximate surface area is 233 Å². The van der Waals surface area contributed by atoms with Gasteiger partial charge in [0.25, 0.3) is 0 Å². The topological polar surface area (TPSA) is 87.9 Å². The van der Waals surface area contributed by atoms with Crippen molar-refractivity contribution in [2.75, 3.05) is 19.8 Å². The van der Waals surface area contributed by atoms with Crippen molar-refractivity contribution in [3.05, 3.63) is 36.7 Å². The maximum atomic E-state index is 9.42. The van der Waals surface area contributed by atoms with Gasteiger partial charge >= 0.3 is 0 Å². The molecule has 0 amide bonds. The van der Waals surface area contributed by atoms with Crippen molar-refractivity contribution in [1.29, 1.82) is 0 Å². The predicted molar refractivity (Wildman–Crippen MR) is 157 cm³/mol. The Hall–Kier alpha value is -2.46. The quantitative estimate of drug-likeness (QED) is 0.207. The molecule has 1 fully saturated rings. The molecule has 1 aliphatic heterocycles. The number of rotatable bonds is 11. The molecule has 0 saturated carbocycles. The Morgan fingerprint density at radius 2 is 1.92 bits per heavy atom. The number of benzene rings is 1. The highest BCUT2D eigenvalue weighted by Crippen LogP contribution is 2.40. The zero-order valence-corrected chi connectivity index (χ0v) is 25.6. The van der Waals surface area contributed by atoms with Crippen LogP contribution in [0.1, 0.15) is 66.5 Å². The fourth-order valence-electron chi connectivity index (χ4n) is 4.36. The van der Waals surface area contributed by atoms with Crippen LogP contribution in [0.2, 0.25) is 18.1 Å². The lowest BCUT2D eigenvalue weighted by atomic mass is 10.1. The van der Waals surface area contributed by atoms with E-state index in [0.717, 1.165) is 53.8 Å². The molecule has 0 bridgehead atoms. The molecular weight excluding hydrogens is 510 g/mol. The van der Waals surface area contributed by atoms with Gasteiger partial charge in [0.15, 0.2) is 6.23 Å². The standard InChI is InChI=1S/C30H45N3O5Si/c1-21(34)13-15-35-20-22(2)37-25-16-23(18-31-19-25)29-26-17-24(38-39(6,7)30(3,4)5)11-12-27(26)33(32-29)28-10-8-9-14-36-28/h11-12,16-19,21-22,28,34H,8-10,13-15,20H2,1-7H3. The number of hydrogen-bond acceptors (Lipinski definition) is 7. The van der Waals surface area contributed by atoms with Crippen LogP contribution in [-0.2, 0) is 9.47 Å². The minimum atomic E-state index is -2.01. The van der Waals surface area contributed by atoms with Crippen molar-refractivity contribution < 1.29 is 23.7 Å². The zero-order valence-electron chi connectivity index (χ0n) is 24.6. The summed E-state index contributed by atoms with van der Waals surface area (Å²) >= 11 is 0. The molecule has 0 spiro atoms. The molecule has 39 heavy (non-hydrogen) atoms. The van der Waals surface area contributed by atoms with Gasteiger partial charge in [-0.05, 0) is 81.9 Å². The van der Waals surface area contributed by atoms with Crippen LogP contribution in [0.15, 0.2) is 36.7 Å². The molecule has 0 radical (unpaired) electrons. The molecule has 4 rings (SSSR count). The van der Waals surface area contributed by atoms with Crippen molar-refractivity contribution >= 4 is 19.2 Å². The number of nitrogens with zero attached hydrogens (tertiary/aromatic N) is 3. The molecular formula is C30H45N3O5Si. The summed E-state index contributed by atoms with van der Waals surface area (Å²) in [4.78, 5) is 4.47. The van der Waals surface area contributed by atoms with E-state index in [9.17, 15) is 5.11 Å². The minimum Gasteiger partial charge on any atom is -0.543 e. The van der Waals surface area contributed by atoms with Gasteiger partial charge in [0.2, 0.25) is 8.32 Å². The van der Waals surface area contributed by atoms with Crippen LogP contribution in [-0.4, -0.2) is 60.2 Å². The van der Waals surface area contributed by atoms with Crippen LogP contribution in [0.3, 0.4) is 0 Å². The molecule has 1 saturated heterocycles. The van der Waals surface area contributed by atoms with Gasteiger partial charge < -0.3 is 23.7 Å². The second kappa shape index (κ2) is 12.4. The van der Waals surface area contributed by atoms with Gasteiger partial charge in [-0.25, -0.2) is 4.68 Å². The summed E-state index contributed by atoms with van der Waals surface area (Å²) in [6, 6.07) is 8.26. The summed E-state index contributed by atoms with van der Waals surface area (Å²) in [7, 11) is -2.01. The van der Waals surface area contributed by atoms with Gasteiger partial charge in [-0.15, -0.1) is 0 Å². The first-order valence-corrected chi connectivity index (χ1v) is 17.1. The smallest absolute Gasteiger partial charge is 0.250 e. The van der Waals surface area contributed by atoms with E-state index in [1.165, 1.54) is 0 Å². The third kappa shape index (κ3) is 7.39. The largest absolute Gasteiger partial charge is 0.543 e. The first kappa shape index (κ1) is 29.5. The van der Waals surface area contributed by atoms with Crippen LogP contribution in [0.4, 0.5) is 0 Å². The predicted octanol–water partition coefficient (Wildman–Crippen LogP) is 6.74. The number of pyridine rings is 1. The van der Waals surface area contributed by atoms with E-state index in [4.69, 9.17) is 23.7 Å². The van der Waals surface area contributed by atoms with Gasteiger partial charge in [-0.1, -0.05) is 20.8 Å². The van der Waals surface area contributed by atoms with Gasteiger partial charge in [-0.3, -0.25) is 4.98 Å². The fourth-order valence-corrected chi connectivity index (χ4v) is 5.39. The first-order chi connectivity index (χ1) is 18.4. The molecule has 8 nitrogen and oxygen atoms in total. The number of ether oxygens (including phenoxy) is 3. The second-order valence-electron chi connectivity index (χ2n) is 12.2. The van der Waals surface area contributed by atoms with Crippen LogP contribution in [0.25, 0.3) is 22.2 Å². The molecule has 1 N–H and O–H groups in total. The summed E-state index contributed by atoms with van der Waals surface area (Å²) in [5.41, 5.74) is 2.73. The molecule has 1 aromatic carbocycles. The van der Waals surface area contributed by atoms with E-state index in [0.29, 0.717) is 25.4 Å². The Bertz CT molecular complexity index is 1230. The summed E-state index contributed by atoms with van der Waals surface area (Å²) in [5, 5.41) is 15.6. The molecule has 214 valence electrons. The van der Waals surface area contributed by atoms with Crippen molar-refractivity contribution in [3.8, 4) is 22.8 Å². The second-order valence-corrected chi connectivity index (χ2v) is 16.9. The Morgan fingerprint density at radius 1 is 1.13 bits per heavy atom. The van der Waals surface area contributed by atoms with E-state index < -0.39 is 8.32 Å². The molecule has 3 aromatic rings. The monoisotopic (exact) mass is 555 g/mol. The van der Waals surface area contributed by atoms with Gasteiger partial charge in [0, 0.05) is 30.4 Å². The van der Waals surface area contributed by atoms with E-state index in [-0.39, 0.29) is 23.5 Å². The average Bonchev–Trinajstić information content (AvgIpc) is 3.25. The third-order valence-electron chi connectivity index (χ3n) is 7.64. The van der Waals surface area contributed by atoms with Crippen LogP contribution in [0.5, 0.6) is 11.5 Å². The number of aliphatic hydroxyl groups is 1. The fraction of sp³-hybridized carbons (Fsp3) is 0.600. The van der Waals surface area contributed by atoms with Crippen LogP contribution < -0.4 is 9.16 Å². The van der Waals surface area contributed by atoms with Crippen LogP contribution in [0, 0.1) is 0 Å². The molecule has 3 heterocycles. The normalized spacial score (nSPS) is 18.2. The molecule has 3 atom stereocenters. The zero-order chi connectivity index (χ0) is 28.2. The van der Waals surface area contributed by atoms with Gasteiger partial charge in [-0.2, -0.15) is 5.10 Å². The third-order valence-corrected chi connectivity index (χ3v) is 12.0. The number of aromatic nitrogens is 3. The maximum absolute atomic E-state index is 9.42. The number of aliphatic hydroxyl groups excluding tert-OH is 1. The lowest BCUT2D eigenvalue weighted by Crippen LogP contribution is -2.43. The van der Waals surface area contributed by atoms with Gasteiger partial charge in [0.05, 0.1) is 24.4 Å². The SMILES string of the molecule is CC(O)CCOCC(C)Oc1cncc(-c2nn(C3CCCCO3)c3ccc(O[Si](C)(C)C(C)(C)C)cc23)c1. The molecule has 0 aliphatic carbocycles. The van der Waals surface area contributed by atoms with Crippen molar-refractivity contribution in [3.63, 3.8) is 0 Å². The lowest BCUT2D eigenvalue weighted by Gasteiger charge is -2.36. The highest BCUT2D eigenvalue weighted by Gasteiger charge is 2.39. The van der Waals surface area contributed by atoms with Crippen molar-refractivity contribution in [2.24, 2.45) is 0 Å².